The maximum atomic E-state index is 11.5. The Kier molecular flexibility index (Phi) is 4.42. The first-order chi connectivity index (χ1) is 7.80. The minimum atomic E-state index is -1.41. The van der Waals surface area contributed by atoms with Crippen molar-refractivity contribution in [2.75, 3.05) is 7.11 Å². The van der Waals surface area contributed by atoms with E-state index in [4.69, 9.17) is 23.2 Å². The van der Waals surface area contributed by atoms with E-state index in [9.17, 15) is 9.90 Å². The third-order valence-electron chi connectivity index (χ3n) is 2.87. The normalized spacial score (nSPS) is 16.1. The van der Waals surface area contributed by atoms with Crippen molar-refractivity contribution in [3.63, 3.8) is 0 Å². The molecule has 0 aliphatic rings. The van der Waals surface area contributed by atoms with E-state index in [2.05, 4.69) is 4.74 Å². The highest BCUT2D eigenvalue weighted by Gasteiger charge is 2.37. The topological polar surface area (TPSA) is 46.5 Å². The molecule has 1 aromatic rings. The Bertz CT molecular complexity index is 430. The molecular weight excluding hydrogens is 263 g/mol. The highest BCUT2D eigenvalue weighted by molar-refractivity contribution is 6.35. The van der Waals surface area contributed by atoms with Crippen molar-refractivity contribution in [3.05, 3.63) is 33.8 Å². The summed E-state index contributed by atoms with van der Waals surface area (Å²) in [7, 11) is 1.28. The molecule has 0 saturated heterocycles. The number of benzene rings is 1. The van der Waals surface area contributed by atoms with Gasteiger partial charge in [-0.15, -0.1) is 0 Å². The van der Waals surface area contributed by atoms with Gasteiger partial charge in [0.2, 0.25) is 0 Å². The number of hydrogen-bond acceptors (Lipinski definition) is 3. The molecule has 17 heavy (non-hydrogen) atoms. The van der Waals surface area contributed by atoms with Crippen LogP contribution in [0.25, 0.3) is 0 Å². The molecule has 1 aromatic carbocycles. The van der Waals surface area contributed by atoms with E-state index in [0.29, 0.717) is 15.6 Å². The number of ether oxygens (including phenoxy) is 1. The van der Waals surface area contributed by atoms with E-state index in [0.717, 1.165) is 0 Å². The number of rotatable bonds is 3. The summed E-state index contributed by atoms with van der Waals surface area (Å²) in [5.41, 5.74) is -0.962. The second kappa shape index (κ2) is 5.25. The van der Waals surface area contributed by atoms with Crippen molar-refractivity contribution < 1.29 is 14.6 Å². The summed E-state index contributed by atoms with van der Waals surface area (Å²) in [5.74, 6) is -1.23. The predicted molar refractivity (Wildman–Crippen MR) is 67.2 cm³/mol. The van der Waals surface area contributed by atoms with E-state index in [1.807, 2.05) is 0 Å². The number of aliphatic hydroxyl groups is 1. The molecule has 5 heteroatoms. The van der Waals surface area contributed by atoms with Crippen molar-refractivity contribution >= 4 is 29.2 Å². The Balaban J connectivity index is 3.16. The van der Waals surface area contributed by atoms with Gasteiger partial charge in [-0.1, -0.05) is 29.3 Å². The zero-order valence-corrected chi connectivity index (χ0v) is 11.3. The zero-order valence-electron chi connectivity index (χ0n) is 9.83. The molecule has 3 nitrogen and oxygen atoms in total. The quantitative estimate of drug-likeness (QED) is 0.864. The molecule has 2 unspecified atom stereocenters. The molecular formula is C12H14Cl2O3. The summed E-state index contributed by atoms with van der Waals surface area (Å²) in [6, 6.07) is 4.74. The summed E-state index contributed by atoms with van der Waals surface area (Å²) in [6.45, 7) is 3.10. The molecule has 94 valence electrons. The number of hydrogen-bond donors (Lipinski definition) is 1. The Labute approximate surface area is 110 Å². The van der Waals surface area contributed by atoms with E-state index < -0.39 is 17.5 Å². The molecule has 0 amide bonds. The van der Waals surface area contributed by atoms with Gasteiger partial charge in [0, 0.05) is 15.6 Å². The van der Waals surface area contributed by atoms with Crippen LogP contribution in [0, 0.1) is 5.92 Å². The minimum absolute atomic E-state index is 0.318. The number of halogens is 2. The van der Waals surface area contributed by atoms with E-state index >= 15 is 0 Å². The molecule has 0 aliphatic carbocycles. The van der Waals surface area contributed by atoms with Crippen molar-refractivity contribution in [2.45, 2.75) is 19.4 Å². The Morgan fingerprint density at radius 3 is 2.53 bits per heavy atom. The van der Waals surface area contributed by atoms with Crippen molar-refractivity contribution in [1.82, 2.24) is 0 Å². The summed E-state index contributed by atoms with van der Waals surface area (Å²) in [5, 5.41) is 11.2. The number of methoxy groups -OCH3 is 1. The van der Waals surface area contributed by atoms with Gasteiger partial charge in [0.05, 0.1) is 13.0 Å². The first kappa shape index (κ1) is 14.3. The molecule has 1 rings (SSSR count). The van der Waals surface area contributed by atoms with Gasteiger partial charge in [-0.05, 0) is 26.0 Å². The van der Waals surface area contributed by atoms with E-state index in [1.54, 1.807) is 19.1 Å². The molecule has 0 aliphatic heterocycles. The summed E-state index contributed by atoms with van der Waals surface area (Å²) in [4.78, 5) is 11.5. The van der Waals surface area contributed by atoms with Crippen LogP contribution >= 0.6 is 23.2 Å². The van der Waals surface area contributed by atoms with Crippen LogP contribution in [0.2, 0.25) is 10.0 Å². The smallest absolute Gasteiger partial charge is 0.311 e. The summed E-state index contributed by atoms with van der Waals surface area (Å²) >= 11 is 11.8. The number of esters is 1. The standard InChI is InChI=1S/C12H14Cl2O3/c1-7(11(15)17-3)12(2,16)9-5-4-8(13)6-10(9)14/h4-7,16H,1-3H3. The fraction of sp³-hybridized carbons (Fsp3) is 0.417. The maximum Gasteiger partial charge on any atom is 0.311 e. The highest BCUT2D eigenvalue weighted by atomic mass is 35.5. The highest BCUT2D eigenvalue weighted by Crippen LogP contribution is 2.35. The van der Waals surface area contributed by atoms with Crippen molar-refractivity contribution in [2.24, 2.45) is 5.92 Å². The third kappa shape index (κ3) is 2.92. The van der Waals surface area contributed by atoms with Gasteiger partial charge >= 0.3 is 5.97 Å². The van der Waals surface area contributed by atoms with Gasteiger partial charge in [0.25, 0.3) is 0 Å². The Morgan fingerprint density at radius 1 is 1.47 bits per heavy atom. The molecule has 0 aromatic heterocycles. The van der Waals surface area contributed by atoms with Crippen LogP contribution in [0.3, 0.4) is 0 Å². The average Bonchev–Trinajstić information content (AvgIpc) is 2.26. The zero-order chi connectivity index (χ0) is 13.2. The van der Waals surface area contributed by atoms with Gasteiger partial charge in [-0.3, -0.25) is 4.79 Å². The number of carbonyl (C=O) groups excluding carboxylic acids is 1. The largest absolute Gasteiger partial charge is 0.469 e. The molecule has 0 radical (unpaired) electrons. The monoisotopic (exact) mass is 276 g/mol. The fourth-order valence-corrected chi connectivity index (χ4v) is 2.14. The minimum Gasteiger partial charge on any atom is -0.469 e. The lowest BCUT2D eigenvalue weighted by Crippen LogP contribution is -2.36. The van der Waals surface area contributed by atoms with Crippen molar-refractivity contribution in [1.29, 1.82) is 0 Å². The molecule has 0 bridgehead atoms. The second-order valence-corrected chi connectivity index (χ2v) is 4.86. The Hall–Kier alpha value is -0.770. The molecule has 0 spiro atoms. The van der Waals surface area contributed by atoms with E-state index in [-0.39, 0.29) is 0 Å². The fourth-order valence-electron chi connectivity index (χ4n) is 1.54. The van der Waals surface area contributed by atoms with Crippen LogP contribution < -0.4 is 0 Å². The third-order valence-corrected chi connectivity index (χ3v) is 3.42. The van der Waals surface area contributed by atoms with Crippen LogP contribution in [0.1, 0.15) is 19.4 Å². The molecule has 0 fully saturated rings. The lowest BCUT2D eigenvalue weighted by Gasteiger charge is -2.29. The lowest BCUT2D eigenvalue weighted by atomic mass is 9.84. The molecule has 0 saturated carbocycles. The first-order valence-electron chi connectivity index (χ1n) is 5.06. The van der Waals surface area contributed by atoms with Gasteiger partial charge in [0.1, 0.15) is 5.60 Å². The molecule has 0 heterocycles. The average molecular weight is 277 g/mol. The van der Waals surface area contributed by atoms with Gasteiger partial charge in [-0.25, -0.2) is 0 Å². The predicted octanol–water partition coefficient (Wildman–Crippen LogP) is 3.01. The maximum absolute atomic E-state index is 11.5. The van der Waals surface area contributed by atoms with E-state index in [1.165, 1.54) is 20.1 Å². The van der Waals surface area contributed by atoms with Gasteiger partial charge < -0.3 is 9.84 Å². The summed E-state index contributed by atoms with van der Waals surface area (Å²) < 4.78 is 4.62. The molecule has 2 atom stereocenters. The molecule has 1 N–H and O–H groups in total. The van der Waals surface area contributed by atoms with Crippen molar-refractivity contribution in [3.8, 4) is 0 Å². The first-order valence-corrected chi connectivity index (χ1v) is 5.82. The van der Waals surface area contributed by atoms with Crippen LogP contribution in [0.4, 0.5) is 0 Å². The second-order valence-electron chi connectivity index (χ2n) is 4.02. The van der Waals surface area contributed by atoms with Crippen LogP contribution in [-0.4, -0.2) is 18.2 Å². The van der Waals surface area contributed by atoms with Crippen LogP contribution in [0.5, 0.6) is 0 Å². The Morgan fingerprint density at radius 2 is 2.06 bits per heavy atom. The number of carbonyl (C=O) groups is 1. The summed E-state index contributed by atoms with van der Waals surface area (Å²) in [6.07, 6.45) is 0. The van der Waals surface area contributed by atoms with Gasteiger partial charge in [-0.2, -0.15) is 0 Å². The van der Waals surface area contributed by atoms with Crippen LogP contribution in [0.15, 0.2) is 18.2 Å². The lowest BCUT2D eigenvalue weighted by molar-refractivity contribution is -0.154. The van der Waals surface area contributed by atoms with Crippen LogP contribution in [-0.2, 0) is 15.1 Å². The SMILES string of the molecule is COC(=O)C(C)C(C)(O)c1ccc(Cl)cc1Cl. The van der Waals surface area contributed by atoms with Gasteiger partial charge in [0.15, 0.2) is 0 Å².